The SMILES string of the molecule is C[C@H](CC[C@@H]1CCCO1)NC(=O)c1ccccc1-n1cnnn1. The molecule has 2 aromatic rings. The van der Waals surface area contributed by atoms with Crippen molar-refractivity contribution in [3.63, 3.8) is 0 Å². The van der Waals surface area contributed by atoms with Crippen LogP contribution < -0.4 is 5.32 Å². The Kier molecular flexibility index (Phi) is 4.97. The maximum Gasteiger partial charge on any atom is 0.253 e. The van der Waals surface area contributed by atoms with Crippen LogP contribution in [0, 0.1) is 0 Å². The van der Waals surface area contributed by atoms with E-state index in [0.717, 1.165) is 32.3 Å². The highest BCUT2D eigenvalue weighted by Crippen LogP contribution is 2.18. The van der Waals surface area contributed by atoms with Gasteiger partial charge in [0.1, 0.15) is 6.33 Å². The van der Waals surface area contributed by atoms with Gasteiger partial charge in [-0.2, -0.15) is 4.68 Å². The molecule has 2 heterocycles. The van der Waals surface area contributed by atoms with Crippen molar-refractivity contribution >= 4 is 5.91 Å². The Labute approximate surface area is 135 Å². The molecule has 23 heavy (non-hydrogen) atoms. The number of tetrazole rings is 1. The monoisotopic (exact) mass is 315 g/mol. The van der Waals surface area contributed by atoms with Gasteiger partial charge in [-0.05, 0) is 55.2 Å². The van der Waals surface area contributed by atoms with Crippen LogP contribution in [0.1, 0.15) is 43.0 Å². The molecule has 1 N–H and O–H groups in total. The van der Waals surface area contributed by atoms with Crippen molar-refractivity contribution in [3.05, 3.63) is 36.2 Å². The van der Waals surface area contributed by atoms with Gasteiger partial charge in [-0.3, -0.25) is 4.79 Å². The number of aromatic nitrogens is 4. The van der Waals surface area contributed by atoms with Crippen LogP contribution in [0.3, 0.4) is 0 Å². The van der Waals surface area contributed by atoms with E-state index in [4.69, 9.17) is 4.74 Å². The fraction of sp³-hybridized carbons (Fsp3) is 0.500. The van der Waals surface area contributed by atoms with Gasteiger partial charge in [-0.1, -0.05) is 12.1 Å². The van der Waals surface area contributed by atoms with Gasteiger partial charge in [0.25, 0.3) is 5.91 Å². The van der Waals surface area contributed by atoms with Gasteiger partial charge in [-0.15, -0.1) is 5.10 Å². The predicted molar refractivity (Wildman–Crippen MR) is 84.3 cm³/mol. The van der Waals surface area contributed by atoms with Crippen LogP contribution in [0.15, 0.2) is 30.6 Å². The first-order chi connectivity index (χ1) is 11.2. The zero-order chi connectivity index (χ0) is 16.1. The van der Waals surface area contributed by atoms with Gasteiger partial charge in [0.15, 0.2) is 0 Å². The Bertz CT molecular complexity index is 638. The molecule has 0 spiro atoms. The number of nitrogens with one attached hydrogen (secondary N) is 1. The number of hydrogen-bond donors (Lipinski definition) is 1. The van der Waals surface area contributed by atoms with Crippen molar-refractivity contribution in [1.82, 2.24) is 25.5 Å². The van der Waals surface area contributed by atoms with Crippen molar-refractivity contribution in [2.24, 2.45) is 0 Å². The standard InChI is InChI=1S/C16H21N5O2/c1-12(8-9-13-5-4-10-23-13)18-16(22)14-6-2-3-7-15(14)21-11-17-19-20-21/h2-3,6-7,11-13H,4-5,8-10H2,1H3,(H,18,22)/t12-,13+/m1/s1. The lowest BCUT2D eigenvalue weighted by molar-refractivity contribution is 0.0899. The normalized spacial score (nSPS) is 18.7. The maximum atomic E-state index is 12.5. The summed E-state index contributed by atoms with van der Waals surface area (Å²) in [5.74, 6) is -0.115. The van der Waals surface area contributed by atoms with E-state index in [1.165, 1.54) is 11.0 Å². The van der Waals surface area contributed by atoms with E-state index in [-0.39, 0.29) is 11.9 Å². The van der Waals surface area contributed by atoms with Crippen molar-refractivity contribution in [1.29, 1.82) is 0 Å². The summed E-state index contributed by atoms with van der Waals surface area (Å²) in [4.78, 5) is 12.5. The van der Waals surface area contributed by atoms with Crippen molar-refractivity contribution < 1.29 is 9.53 Å². The minimum atomic E-state index is -0.115. The molecule has 0 saturated carbocycles. The van der Waals surface area contributed by atoms with Gasteiger partial charge in [0.2, 0.25) is 0 Å². The van der Waals surface area contributed by atoms with E-state index in [1.807, 2.05) is 25.1 Å². The molecule has 2 atom stereocenters. The van der Waals surface area contributed by atoms with Crippen LogP contribution in [0.25, 0.3) is 5.69 Å². The molecular weight excluding hydrogens is 294 g/mol. The summed E-state index contributed by atoms with van der Waals surface area (Å²) in [5.41, 5.74) is 1.23. The number of rotatable bonds is 6. The van der Waals surface area contributed by atoms with E-state index in [9.17, 15) is 4.79 Å². The first kappa shape index (κ1) is 15.6. The number of nitrogens with zero attached hydrogens (tertiary/aromatic N) is 4. The largest absolute Gasteiger partial charge is 0.378 e. The highest BCUT2D eigenvalue weighted by atomic mass is 16.5. The zero-order valence-corrected chi connectivity index (χ0v) is 13.2. The van der Waals surface area contributed by atoms with Crippen molar-refractivity contribution in [3.8, 4) is 5.69 Å². The Balaban J connectivity index is 1.61. The van der Waals surface area contributed by atoms with Gasteiger partial charge in [0.05, 0.1) is 17.4 Å². The lowest BCUT2D eigenvalue weighted by atomic mass is 10.1. The first-order valence-electron chi connectivity index (χ1n) is 7.99. The molecule has 0 radical (unpaired) electrons. The van der Waals surface area contributed by atoms with Gasteiger partial charge < -0.3 is 10.1 Å². The molecule has 1 aromatic heterocycles. The zero-order valence-electron chi connectivity index (χ0n) is 13.2. The predicted octanol–water partition coefficient (Wildman–Crippen LogP) is 1.74. The Hall–Kier alpha value is -2.28. The number of hydrogen-bond acceptors (Lipinski definition) is 5. The molecule has 122 valence electrons. The summed E-state index contributed by atoms with van der Waals surface area (Å²) in [6.07, 6.45) is 5.99. The van der Waals surface area contributed by atoms with Gasteiger partial charge >= 0.3 is 0 Å². The topological polar surface area (TPSA) is 81.9 Å². The third kappa shape index (κ3) is 3.92. The van der Waals surface area contributed by atoms with Gasteiger partial charge in [0, 0.05) is 12.6 Å². The van der Waals surface area contributed by atoms with E-state index in [2.05, 4.69) is 20.8 Å². The van der Waals surface area contributed by atoms with Crippen molar-refractivity contribution in [2.75, 3.05) is 6.61 Å². The average molecular weight is 315 g/mol. The molecule has 1 saturated heterocycles. The number of ether oxygens (including phenoxy) is 1. The fourth-order valence-electron chi connectivity index (χ4n) is 2.82. The van der Waals surface area contributed by atoms with Crippen LogP contribution in [0.4, 0.5) is 0 Å². The lowest BCUT2D eigenvalue weighted by Gasteiger charge is -2.17. The maximum absolute atomic E-state index is 12.5. The second kappa shape index (κ2) is 7.32. The highest BCUT2D eigenvalue weighted by molar-refractivity contribution is 5.97. The van der Waals surface area contributed by atoms with E-state index >= 15 is 0 Å². The summed E-state index contributed by atoms with van der Waals surface area (Å²) in [6, 6.07) is 7.38. The lowest BCUT2D eigenvalue weighted by Crippen LogP contribution is -2.33. The third-order valence-electron chi connectivity index (χ3n) is 4.07. The number of carbonyl (C=O) groups is 1. The molecule has 0 unspecified atom stereocenters. The average Bonchev–Trinajstić information content (AvgIpc) is 3.26. The van der Waals surface area contributed by atoms with Crippen LogP contribution in [-0.4, -0.2) is 44.9 Å². The fourth-order valence-corrected chi connectivity index (χ4v) is 2.82. The minimum Gasteiger partial charge on any atom is -0.378 e. The molecular formula is C16H21N5O2. The summed E-state index contributed by atoms with van der Waals surface area (Å²) in [7, 11) is 0. The summed E-state index contributed by atoms with van der Waals surface area (Å²) >= 11 is 0. The molecule has 1 aromatic carbocycles. The van der Waals surface area contributed by atoms with Crippen molar-refractivity contribution in [2.45, 2.75) is 44.8 Å². The van der Waals surface area contributed by atoms with E-state index in [1.54, 1.807) is 6.07 Å². The summed E-state index contributed by atoms with van der Waals surface area (Å²) < 4.78 is 7.11. The van der Waals surface area contributed by atoms with Crippen LogP contribution in [-0.2, 0) is 4.74 Å². The molecule has 3 rings (SSSR count). The quantitative estimate of drug-likeness (QED) is 0.878. The van der Waals surface area contributed by atoms with Crippen LogP contribution >= 0.6 is 0 Å². The number of benzene rings is 1. The summed E-state index contributed by atoms with van der Waals surface area (Å²) in [5, 5.41) is 14.1. The molecule has 7 heteroatoms. The highest BCUT2D eigenvalue weighted by Gasteiger charge is 2.19. The minimum absolute atomic E-state index is 0.0913. The molecule has 7 nitrogen and oxygen atoms in total. The van der Waals surface area contributed by atoms with Crippen LogP contribution in [0.2, 0.25) is 0 Å². The second-order valence-electron chi connectivity index (χ2n) is 5.86. The number of para-hydroxylation sites is 1. The van der Waals surface area contributed by atoms with E-state index in [0.29, 0.717) is 17.4 Å². The smallest absolute Gasteiger partial charge is 0.253 e. The Morgan fingerprint density at radius 3 is 3.09 bits per heavy atom. The third-order valence-corrected chi connectivity index (χ3v) is 4.07. The second-order valence-corrected chi connectivity index (χ2v) is 5.86. The van der Waals surface area contributed by atoms with Gasteiger partial charge in [-0.25, -0.2) is 0 Å². The Morgan fingerprint density at radius 2 is 2.35 bits per heavy atom. The summed E-state index contributed by atoms with van der Waals surface area (Å²) in [6.45, 7) is 2.89. The molecule has 0 bridgehead atoms. The Morgan fingerprint density at radius 1 is 1.48 bits per heavy atom. The molecule has 1 fully saturated rings. The molecule has 1 amide bonds. The van der Waals surface area contributed by atoms with E-state index < -0.39 is 0 Å². The molecule has 1 aliphatic rings. The van der Waals surface area contributed by atoms with Crippen LogP contribution in [0.5, 0.6) is 0 Å². The first-order valence-corrected chi connectivity index (χ1v) is 7.99. The molecule has 1 aliphatic heterocycles. The number of amides is 1. The molecule has 0 aliphatic carbocycles. The number of carbonyl (C=O) groups excluding carboxylic acids is 1.